The van der Waals surface area contributed by atoms with Crippen LogP contribution in [0.4, 0.5) is 0 Å². The highest BCUT2D eigenvalue weighted by Crippen LogP contribution is 2.38. The highest BCUT2D eigenvalue weighted by atomic mass is 16.5. The number of nitrogens with one attached hydrogen (secondary N) is 1. The fraction of sp³-hybridized carbons (Fsp3) is 1.00. The van der Waals surface area contributed by atoms with E-state index in [-0.39, 0.29) is 5.60 Å². The lowest BCUT2D eigenvalue weighted by molar-refractivity contribution is -0.0807. The molecule has 2 rings (SSSR count). The van der Waals surface area contributed by atoms with Gasteiger partial charge in [-0.2, -0.15) is 0 Å². The highest BCUT2D eigenvalue weighted by Gasteiger charge is 2.38. The molecule has 21 heavy (non-hydrogen) atoms. The molecule has 0 saturated heterocycles. The van der Waals surface area contributed by atoms with Crippen LogP contribution in [0.5, 0.6) is 0 Å². The van der Waals surface area contributed by atoms with Gasteiger partial charge in [-0.15, -0.1) is 0 Å². The summed E-state index contributed by atoms with van der Waals surface area (Å²) < 4.78 is 6.46. The molecule has 0 amide bonds. The minimum Gasteiger partial charge on any atom is -0.374 e. The number of hydrogen-bond donors (Lipinski definition) is 1. The molecule has 0 bridgehead atoms. The van der Waals surface area contributed by atoms with Crippen LogP contribution in [-0.2, 0) is 4.74 Å². The van der Waals surface area contributed by atoms with Gasteiger partial charge in [-0.25, -0.2) is 0 Å². The van der Waals surface area contributed by atoms with Crippen LogP contribution in [0.3, 0.4) is 0 Å². The Morgan fingerprint density at radius 1 is 1.05 bits per heavy atom. The minimum atomic E-state index is 0.153. The van der Waals surface area contributed by atoms with Crippen LogP contribution in [0, 0.1) is 11.8 Å². The lowest BCUT2D eigenvalue weighted by atomic mass is 9.74. The van der Waals surface area contributed by atoms with Gasteiger partial charge in [-0.05, 0) is 56.8 Å². The predicted molar refractivity (Wildman–Crippen MR) is 90.6 cm³/mol. The fourth-order valence-corrected chi connectivity index (χ4v) is 3.64. The summed E-state index contributed by atoms with van der Waals surface area (Å²) in [6.07, 6.45) is 13.2. The average molecular weight is 296 g/mol. The fourth-order valence-electron chi connectivity index (χ4n) is 3.64. The molecule has 0 atom stereocenters. The summed E-state index contributed by atoms with van der Waals surface area (Å²) in [6.45, 7) is 9.10. The molecule has 2 aliphatic rings. The first-order chi connectivity index (χ1) is 10.2. The molecule has 0 aromatic carbocycles. The van der Waals surface area contributed by atoms with Crippen molar-refractivity contribution in [3.05, 3.63) is 0 Å². The maximum atomic E-state index is 6.46. The van der Waals surface area contributed by atoms with Gasteiger partial charge in [0.15, 0.2) is 0 Å². The summed E-state index contributed by atoms with van der Waals surface area (Å²) in [5.41, 5.74) is 0.153. The second-order valence-electron chi connectivity index (χ2n) is 7.83. The molecular weight excluding hydrogens is 258 g/mol. The predicted octanol–water partition coefficient (Wildman–Crippen LogP) is 4.92. The first-order valence-corrected chi connectivity index (χ1v) is 9.52. The van der Waals surface area contributed by atoms with Crippen molar-refractivity contribution in [2.45, 2.75) is 96.6 Å². The molecule has 2 saturated carbocycles. The molecule has 2 heteroatoms. The smallest absolute Gasteiger partial charge is 0.0806 e. The molecule has 0 unspecified atom stereocenters. The van der Waals surface area contributed by atoms with E-state index >= 15 is 0 Å². The molecule has 124 valence electrons. The average Bonchev–Trinajstić information content (AvgIpc) is 3.30. The standard InChI is InChI=1S/C19H37NO/c1-4-5-6-7-14-21-19(15-20-18-8-9-18)12-10-17(11-13-19)16(2)3/h16-18,20H,4-15H2,1-3H3. The Morgan fingerprint density at radius 2 is 1.76 bits per heavy atom. The van der Waals surface area contributed by atoms with E-state index < -0.39 is 0 Å². The number of rotatable bonds is 10. The van der Waals surface area contributed by atoms with E-state index in [9.17, 15) is 0 Å². The van der Waals surface area contributed by atoms with Crippen molar-refractivity contribution in [2.24, 2.45) is 11.8 Å². The van der Waals surface area contributed by atoms with E-state index in [0.29, 0.717) is 0 Å². The van der Waals surface area contributed by atoms with Crippen LogP contribution in [-0.4, -0.2) is 24.8 Å². The molecule has 0 radical (unpaired) electrons. The minimum absolute atomic E-state index is 0.153. The summed E-state index contributed by atoms with van der Waals surface area (Å²) >= 11 is 0. The Balaban J connectivity index is 1.76. The van der Waals surface area contributed by atoms with Crippen LogP contribution in [0.25, 0.3) is 0 Å². The van der Waals surface area contributed by atoms with Crippen molar-refractivity contribution >= 4 is 0 Å². The van der Waals surface area contributed by atoms with E-state index in [1.54, 1.807) is 0 Å². The quantitative estimate of drug-likeness (QED) is 0.578. The van der Waals surface area contributed by atoms with Gasteiger partial charge in [-0.3, -0.25) is 0 Å². The zero-order chi connectivity index (χ0) is 15.1. The third kappa shape index (κ3) is 5.90. The van der Waals surface area contributed by atoms with E-state index in [2.05, 4.69) is 26.1 Å². The van der Waals surface area contributed by atoms with Crippen molar-refractivity contribution < 1.29 is 4.74 Å². The molecule has 1 N–H and O–H groups in total. The summed E-state index contributed by atoms with van der Waals surface area (Å²) in [5.74, 6) is 1.76. The van der Waals surface area contributed by atoms with Crippen molar-refractivity contribution in [2.75, 3.05) is 13.2 Å². The molecule has 2 fully saturated rings. The van der Waals surface area contributed by atoms with Crippen LogP contribution < -0.4 is 5.32 Å². The SMILES string of the molecule is CCCCCCOC1(CNC2CC2)CCC(C(C)C)CC1. The third-order valence-corrected chi connectivity index (χ3v) is 5.58. The molecule has 2 nitrogen and oxygen atoms in total. The maximum Gasteiger partial charge on any atom is 0.0806 e. The number of unbranched alkanes of at least 4 members (excludes halogenated alkanes) is 3. The largest absolute Gasteiger partial charge is 0.374 e. The first kappa shape index (κ1) is 17.3. The van der Waals surface area contributed by atoms with Crippen LogP contribution >= 0.6 is 0 Å². The van der Waals surface area contributed by atoms with E-state index in [1.807, 2.05) is 0 Å². The molecule has 2 aliphatic carbocycles. The van der Waals surface area contributed by atoms with Crippen molar-refractivity contribution in [1.29, 1.82) is 0 Å². The highest BCUT2D eigenvalue weighted by molar-refractivity contribution is 4.93. The normalized spacial score (nSPS) is 30.0. The lowest BCUT2D eigenvalue weighted by Gasteiger charge is -2.41. The Bertz CT molecular complexity index is 277. The monoisotopic (exact) mass is 295 g/mol. The third-order valence-electron chi connectivity index (χ3n) is 5.58. The van der Waals surface area contributed by atoms with Crippen LogP contribution in [0.2, 0.25) is 0 Å². The molecule has 0 spiro atoms. The van der Waals surface area contributed by atoms with Gasteiger partial charge in [0.2, 0.25) is 0 Å². The molecular formula is C19H37NO. The topological polar surface area (TPSA) is 21.3 Å². The van der Waals surface area contributed by atoms with Crippen LogP contribution in [0.1, 0.15) is 85.0 Å². The molecule has 0 aliphatic heterocycles. The van der Waals surface area contributed by atoms with Gasteiger partial charge in [0.1, 0.15) is 0 Å². The van der Waals surface area contributed by atoms with Gasteiger partial charge >= 0.3 is 0 Å². The van der Waals surface area contributed by atoms with E-state index in [4.69, 9.17) is 4.74 Å². The summed E-state index contributed by atoms with van der Waals surface area (Å²) in [6, 6.07) is 0.799. The van der Waals surface area contributed by atoms with Crippen molar-refractivity contribution in [3.63, 3.8) is 0 Å². The zero-order valence-corrected chi connectivity index (χ0v) is 14.6. The summed E-state index contributed by atoms with van der Waals surface area (Å²) in [5, 5.41) is 3.74. The number of ether oxygens (including phenoxy) is 1. The Kier molecular flexibility index (Phi) is 7.01. The Labute approximate surface area is 132 Å². The van der Waals surface area contributed by atoms with E-state index in [1.165, 1.54) is 64.2 Å². The van der Waals surface area contributed by atoms with Crippen LogP contribution in [0.15, 0.2) is 0 Å². The summed E-state index contributed by atoms with van der Waals surface area (Å²) in [4.78, 5) is 0. The van der Waals surface area contributed by atoms with E-state index in [0.717, 1.165) is 31.0 Å². The zero-order valence-electron chi connectivity index (χ0n) is 14.6. The van der Waals surface area contributed by atoms with Crippen molar-refractivity contribution in [3.8, 4) is 0 Å². The van der Waals surface area contributed by atoms with Gasteiger partial charge < -0.3 is 10.1 Å². The lowest BCUT2D eigenvalue weighted by Crippen LogP contribution is -2.47. The molecule has 0 heterocycles. The molecule has 0 aromatic rings. The second-order valence-corrected chi connectivity index (χ2v) is 7.83. The molecule has 0 aromatic heterocycles. The maximum absolute atomic E-state index is 6.46. The number of hydrogen-bond acceptors (Lipinski definition) is 2. The second kappa shape index (κ2) is 8.53. The van der Waals surface area contributed by atoms with Gasteiger partial charge in [0.05, 0.1) is 5.60 Å². The van der Waals surface area contributed by atoms with Crippen molar-refractivity contribution in [1.82, 2.24) is 5.32 Å². The van der Waals surface area contributed by atoms with Gasteiger partial charge in [0.25, 0.3) is 0 Å². The van der Waals surface area contributed by atoms with Gasteiger partial charge in [0, 0.05) is 19.2 Å². The Morgan fingerprint density at radius 3 is 2.33 bits per heavy atom. The van der Waals surface area contributed by atoms with Gasteiger partial charge in [-0.1, -0.05) is 40.0 Å². The first-order valence-electron chi connectivity index (χ1n) is 9.52. The summed E-state index contributed by atoms with van der Waals surface area (Å²) in [7, 11) is 0. The Hall–Kier alpha value is -0.0800.